The third-order valence-electron chi connectivity index (χ3n) is 6.64. The van der Waals surface area contributed by atoms with Crippen LogP contribution >= 0.6 is 0 Å². The quantitative estimate of drug-likeness (QED) is 0.229. The van der Waals surface area contributed by atoms with E-state index in [1.807, 2.05) is 6.92 Å². The monoisotopic (exact) mass is 462 g/mol. The zero-order valence-corrected chi connectivity index (χ0v) is 21.4. The highest BCUT2D eigenvalue weighted by Crippen LogP contribution is 2.44. The average molecular weight is 463 g/mol. The van der Waals surface area contributed by atoms with Crippen molar-refractivity contribution in [2.24, 2.45) is 0 Å². The summed E-state index contributed by atoms with van der Waals surface area (Å²) in [6.07, 6.45) is 14.7. The zero-order valence-electron chi connectivity index (χ0n) is 19.6. The molecule has 0 bridgehead atoms. The smallest absolute Gasteiger partial charge is 0.295 e. The molecule has 0 aromatic heterocycles. The fraction of sp³-hybridized carbons (Fsp3) is 0.680. The Morgan fingerprint density at radius 1 is 0.903 bits per heavy atom. The van der Waals surface area contributed by atoms with E-state index in [0.717, 1.165) is 73.6 Å². The Kier molecular flexibility index (Phi) is 7.94. The Balaban J connectivity index is 2.24. The third kappa shape index (κ3) is 6.37. The topological polar surface area (TPSA) is 63.6 Å². The second kappa shape index (κ2) is 10.1. The highest BCUT2D eigenvalue weighted by molar-refractivity contribution is 7.86. The highest BCUT2D eigenvalue weighted by Gasteiger charge is 2.33. The van der Waals surface area contributed by atoms with E-state index in [-0.39, 0.29) is 16.7 Å². The van der Waals surface area contributed by atoms with Crippen LogP contribution < -0.4 is 0 Å². The summed E-state index contributed by atoms with van der Waals surface area (Å²) in [5, 5.41) is 0. The first-order valence-corrected chi connectivity index (χ1v) is 16.8. The molecule has 2 saturated carbocycles. The molecule has 2 aliphatic carbocycles. The van der Waals surface area contributed by atoms with Gasteiger partial charge in [0.2, 0.25) is 0 Å². The minimum atomic E-state index is -4.37. The lowest BCUT2D eigenvalue weighted by atomic mass is 9.78. The van der Waals surface area contributed by atoms with Gasteiger partial charge in [0.15, 0.2) is 0 Å². The molecule has 0 atom stereocenters. The minimum Gasteiger partial charge on any atom is -0.501 e. The second-order valence-corrected chi connectivity index (χ2v) is 16.1. The van der Waals surface area contributed by atoms with Gasteiger partial charge in [-0.3, -0.25) is 4.55 Å². The van der Waals surface area contributed by atoms with Gasteiger partial charge < -0.3 is 4.43 Å². The lowest BCUT2D eigenvalue weighted by Crippen LogP contribution is -2.22. The van der Waals surface area contributed by atoms with Crippen molar-refractivity contribution in [1.82, 2.24) is 0 Å². The first kappa shape index (κ1) is 24.4. The van der Waals surface area contributed by atoms with E-state index >= 15 is 0 Å². The molecule has 0 unspecified atom stereocenters. The first-order valence-electron chi connectivity index (χ1n) is 11.9. The van der Waals surface area contributed by atoms with Crippen LogP contribution in [-0.4, -0.2) is 21.3 Å². The van der Waals surface area contributed by atoms with Gasteiger partial charge in [-0.05, 0) is 92.8 Å². The minimum absolute atomic E-state index is 0.110. The van der Waals surface area contributed by atoms with Crippen molar-refractivity contribution >= 4 is 18.4 Å². The lowest BCUT2D eigenvalue weighted by Gasteiger charge is -2.29. The summed E-state index contributed by atoms with van der Waals surface area (Å²) in [7, 11) is -6.19. The van der Waals surface area contributed by atoms with Crippen molar-refractivity contribution < 1.29 is 17.4 Å². The van der Waals surface area contributed by atoms with Crippen LogP contribution in [0.3, 0.4) is 0 Å². The summed E-state index contributed by atoms with van der Waals surface area (Å²) in [5.41, 5.74) is 3.24. The van der Waals surface area contributed by atoms with Crippen LogP contribution in [0.5, 0.6) is 0 Å². The molecule has 0 amide bonds. The Labute approximate surface area is 190 Å². The molecule has 0 spiro atoms. The number of benzene rings is 1. The fourth-order valence-corrected chi connectivity index (χ4v) is 6.82. The fourth-order valence-electron chi connectivity index (χ4n) is 5.31. The average Bonchev–Trinajstić information content (AvgIpc) is 2.96. The van der Waals surface area contributed by atoms with E-state index < -0.39 is 18.4 Å². The summed E-state index contributed by atoms with van der Waals surface area (Å²) < 4.78 is 42.0. The van der Waals surface area contributed by atoms with Gasteiger partial charge in [0.25, 0.3) is 18.4 Å². The summed E-state index contributed by atoms with van der Waals surface area (Å²) in [4.78, 5) is 0.170. The van der Waals surface area contributed by atoms with Crippen LogP contribution in [0.4, 0.5) is 0 Å². The van der Waals surface area contributed by atoms with Crippen molar-refractivity contribution in [2.75, 3.05) is 0 Å². The van der Waals surface area contributed by atoms with Gasteiger partial charge in [0.05, 0.1) is 0 Å². The van der Waals surface area contributed by atoms with Crippen LogP contribution in [0.2, 0.25) is 19.6 Å². The van der Waals surface area contributed by atoms with Crippen LogP contribution in [0.1, 0.15) is 105 Å². The Bertz CT molecular complexity index is 936. The Morgan fingerprint density at radius 3 is 1.87 bits per heavy atom. The molecule has 0 saturated heterocycles. The predicted octanol–water partition coefficient (Wildman–Crippen LogP) is 6.89. The molecule has 1 aromatic rings. The van der Waals surface area contributed by atoms with E-state index in [4.69, 9.17) is 4.43 Å². The maximum absolute atomic E-state index is 12.9. The summed E-state index contributed by atoms with van der Waals surface area (Å²) >= 11 is 0. The predicted molar refractivity (Wildman–Crippen MR) is 129 cm³/mol. The number of hydrogen-bond acceptors (Lipinski definition) is 3. The molecule has 0 radical (unpaired) electrons. The van der Waals surface area contributed by atoms with Gasteiger partial charge in [-0.2, -0.15) is 8.42 Å². The maximum Gasteiger partial charge on any atom is 0.295 e. The highest BCUT2D eigenvalue weighted by atomic mass is 32.2. The molecular formula is C25H38O4SSi. The largest absolute Gasteiger partial charge is 0.501 e. The lowest BCUT2D eigenvalue weighted by molar-refractivity contribution is 0.429. The standard InChI is InChI=1S/C25H38O4SSi/c1-19-18-22(16-17-29-31(2,3)4)24(21-14-8-5-6-9-15-21)25(30(26,27)28)23(19)20-12-10-7-11-13-20/h18,20-21H,5-15H2,1-4H3,(H,26,27,28). The van der Waals surface area contributed by atoms with Gasteiger partial charge in [-0.25, -0.2) is 0 Å². The van der Waals surface area contributed by atoms with Crippen LogP contribution in [0, 0.1) is 19.0 Å². The van der Waals surface area contributed by atoms with Crippen LogP contribution in [-0.2, 0) is 14.5 Å². The molecule has 6 heteroatoms. The molecular weight excluding hydrogens is 424 g/mol. The molecule has 0 aliphatic heterocycles. The van der Waals surface area contributed by atoms with Crippen LogP contribution in [0.15, 0.2) is 11.0 Å². The summed E-state index contributed by atoms with van der Waals surface area (Å²) in [6, 6.07) is 2.05. The van der Waals surface area contributed by atoms with Crippen molar-refractivity contribution in [3.05, 3.63) is 28.3 Å². The molecule has 4 nitrogen and oxygen atoms in total. The summed E-state index contributed by atoms with van der Waals surface area (Å²) in [5.74, 6) is 3.46. The van der Waals surface area contributed by atoms with E-state index in [9.17, 15) is 13.0 Å². The van der Waals surface area contributed by atoms with E-state index in [2.05, 4.69) is 37.7 Å². The van der Waals surface area contributed by atoms with Gasteiger partial charge >= 0.3 is 0 Å². The Hall–Kier alpha value is -1.29. The van der Waals surface area contributed by atoms with Crippen LogP contribution in [0.25, 0.3) is 0 Å². The van der Waals surface area contributed by atoms with Crippen molar-refractivity contribution in [3.8, 4) is 12.0 Å². The molecule has 2 fully saturated rings. The van der Waals surface area contributed by atoms with Crippen molar-refractivity contribution in [3.63, 3.8) is 0 Å². The SMILES string of the molecule is Cc1cc(C#CO[Si](C)(C)C)c(C2CCCCCC2)c(S(=O)(=O)O)c1C1CCCCC1. The molecule has 31 heavy (non-hydrogen) atoms. The second-order valence-electron chi connectivity index (χ2n) is 10.3. The van der Waals surface area contributed by atoms with Gasteiger partial charge in [0.1, 0.15) is 11.0 Å². The number of hydrogen-bond donors (Lipinski definition) is 1. The first-order chi connectivity index (χ1) is 14.6. The molecule has 2 aliphatic rings. The molecule has 3 rings (SSSR count). The number of rotatable bonds is 4. The molecule has 1 N–H and O–H groups in total. The van der Waals surface area contributed by atoms with Gasteiger partial charge in [-0.1, -0.05) is 44.9 Å². The molecule has 0 heterocycles. The van der Waals surface area contributed by atoms with E-state index in [1.165, 1.54) is 19.3 Å². The van der Waals surface area contributed by atoms with E-state index in [1.54, 1.807) is 0 Å². The van der Waals surface area contributed by atoms with Gasteiger partial charge in [-0.15, -0.1) is 0 Å². The normalized spacial score (nSPS) is 19.4. The third-order valence-corrected chi connectivity index (χ3v) is 8.31. The van der Waals surface area contributed by atoms with Gasteiger partial charge in [0, 0.05) is 5.56 Å². The zero-order chi connectivity index (χ0) is 22.6. The van der Waals surface area contributed by atoms with Crippen molar-refractivity contribution in [2.45, 2.75) is 114 Å². The van der Waals surface area contributed by atoms with Crippen molar-refractivity contribution in [1.29, 1.82) is 0 Å². The molecule has 172 valence electrons. The Morgan fingerprint density at radius 2 is 1.39 bits per heavy atom. The molecule has 1 aromatic carbocycles. The van der Waals surface area contributed by atoms with E-state index in [0.29, 0.717) is 0 Å². The maximum atomic E-state index is 12.9. The number of aryl methyl sites for hydroxylation is 1. The summed E-state index contributed by atoms with van der Waals surface area (Å²) in [6.45, 7) is 8.21.